The highest BCUT2D eigenvalue weighted by Gasteiger charge is 1.99. The molecule has 4 heteroatoms. The predicted octanol–water partition coefficient (Wildman–Crippen LogP) is 1.81. The molecule has 4 nitrogen and oxygen atoms in total. The molecule has 4 N–H and O–H groups in total. The van der Waals surface area contributed by atoms with Crippen LogP contribution < -0.4 is 16.2 Å². The molecule has 1 aromatic carbocycles. The summed E-state index contributed by atoms with van der Waals surface area (Å²) in [7, 11) is 1.65. The van der Waals surface area contributed by atoms with Crippen molar-refractivity contribution in [2.75, 3.05) is 7.11 Å². The van der Waals surface area contributed by atoms with Crippen LogP contribution >= 0.6 is 0 Å². The molecule has 1 rings (SSSR count). The van der Waals surface area contributed by atoms with Crippen molar-refractivity contribution in [2.45, 2.75) is 20.4 Å². The van der Waals surface area contributed by atoms with E-state index < -0.39 is 0 Å². The Labute approximate surface area is 102 Å². The van der Waals surface area contributed by atoms with Crippen LogP contribution in [0.5, 0.6) is 5.75 Å². The molecule has 0 spiro atoms. The van der Waals surface area contributed by atoms with Crippen LogP contribution in [0.3, 0.4) is 0 Å². The molecule has 0 radical (unpaired) electrons. The quantitative estimate of drug-likeness (QED) is 0.779. The summed E-state index contributed by atoms with van der Waals surface area (Å²) in [6, 6.07) is 7.77. The van der Waals surface area contributed by atoms with Crippen molar-refractivity contribution in [1.29, 1.82) is 0 Å². The predicted molar refractivity (Wildman–Crippen MR) is 70.9 cm³/mol. The van der Waals surface area contributed by atoms with Crippen LogP contribution in [0, 0.1) is 0 Å². The molecule has 17 heavy (non-hydrogen) atoms. The number of nitrogens with two attached hydrogens (primary N) is 2. The first kappa shape index (κ1) is 13.1. The maximum atomic E-state index is 5.77. The maximum absolute atomic E-state index is 5.77. The fourth-order valence-corrected chi connectivity index (χ4v) is 1.31. The third kappa shape index (κ3) is 3.83. The van der Waals surface area contributed by atoms with Gasteiger partial charge < -0.3 is 16.2 Å². The summed E-state index contributed by atoms with van der Waals surface area (Å²) < 4.78 is 5.08. The molecule has 0 aliphatic carbocycles. The molecule has 0 aromatic heterocycles. The van der Waals surface area contributed by atoms with Crippen LogP contribution in [0.1, 0.15) is 19.4 Å². The van der Waals surface area contributed by atoms with Crippen LogP contribution in [0.4, 0.5) is 0 Å². The smallest absolute Gasteiger partial charge is 0.118 e. The standard InChI is InChI=1S/C13H19N3O/c1-9(14)13(15)10(2)16-8-11-4-6-12(17-3)7-5-11/h4-7H,8,14-15H2,1-3H3. The molecule has 92 valence electrons. The Balaban J connectivity index is 2.72. The third-order valence-corrected chi connectivity index (χ3v) is 2.47. The Morgan fingerprint density at radius 2 is 1.76 bits per heavy atom. The lowest BCUT2D eigenvalue weighted by Gasteiger charge is -2.04. The van der Waals surface area contributed by atoms with E-state index in [1.54, 1.807) is 14.0 Å². The van der Waals surface area contributed by atoms with Gasteiger partial charge in [0.2, 0.25) is 0 Å². The van der Waals surface area contributed by atoms with Gasteiger partial charge in [0.15, 0.2) is 0 Å². The topological polar surface area (TPSA) is 73.6 Å². The summed E-state index contributed by atoms with van der Waals surface area (Å²) >= 11 is 0. The second-order valence-electron chi connectivity index (χ2n) is 3.85. The first-order valence-electron chi connectivity index (χ1n) is 5.40. The zero-order valence-corrected chi connectivity index (χ0v) is 10.5. The molecule has 0 amide bonds. The molecule has 0 unspecified atom stereocenters. The van der Waals surface area contributed by atoms with Crippen LogP contribution in [0.15, 0.2) is 40.7 Å². The maximum Gasteiger partial charge on any atom is 0.118 e. The number of allylic oxidation sites excluding steroid dienone is 2. The van der Waals surface area contributed by atoms with Gasteiger partial charge in [0.25, 0.3) is 0 Å². The van der Waals surface area contributed by atoms with Gasteiger partial charge in [0.05, 0.1) is 25.1 Å². The van der Waals surface area contributed by atoms with E-state index in [9.17, 15) is 0 Å². The number of hydrogen-bond acceptors (Lipinski definition) is 4. The van der Waals surface area contributed by atoms with Crippen molar-refractivity contribution in [3.05, 3.63) is 41.2 Å². The van der Waals surface area contributed by atoms with Gasteiger partial charge in [-0.2, -0.15) is 0 Å². The second-order valence-corrected chi connectivity index (χ2v) is 3.85. The van der Waals surface area contributed by atoms with E-state index in [-0.39, 0.29) is 0 Å². The minimum absolute atomic E-state index is 0.554. The fraction of sp³-hybridized carbons (Fsp3) is 0.308. The Hall–Kier alpha value is -1.97. The SMILES string of the molecule is COc1ccc(CN=C(C)C(N)=C(C)N)cc1. The molecule has 0 fully saturated rings. The molecule has 0 aliphatic rings. The number of aliphatic imine (C=N–C) groups is 1. The van der Waals surface area contributed by atoms with Gasteiger partial charge in [-0.15, -0.1) is 0 Å². The molecule has 0 heterocycles. The number of ether oxygens (including phenoxy) is 1. The minimum Gasteiger partial charge on any atom is -0.497 e. The molecule has 0 bridgehead atoms. The average molecular weight is 233 g/mol. The summed E-state index contributed by atoms with van der Waals surface area (Å²) in [5.41, 5.74) is 14.4. The highest BCUT2D eigenvalue weighted by Crippen LogP contribution is 2.12. The molecular formula is C13H19N3O. The summed E-state index contributed by atoms with van der Waals surface area (Å²) in [6.07, 6.45) is 0. The van der Waals surface area contributed by atoms with Crippen LogP contribution in [0.2, 0.25) is 0 Å². The van der Waals surface area contributed by atoms with Crippen molar-refractivity contribution in [3.63, 3.8) is 0 Å². The summed E-state index contributed by atoms with van der Waals surface area (Å²) in [5, 5.41) is 0. The molecule has 0 saturated heterocycles. The highest BCUT2D eigenvalue weighted by atomic mass is 16.5. The third-order valence-electron chi connectivity index (χ3n) is 2.47. The van der Waals surface area contributed by atoms with E-state index in [0.717, 1.165) is 17.0 Å². The number of benzene rings is 1. The average Bonchev–Trinajstić information content (AvgIpc) is 2.35. The first-order chi connectivity index (χ1) is 8.04. The largest absolute Gasteiger partial charge is 0.497 e. The van der Waals surface area contributed by atoms with Crippen molar-refractivity contribution in [2.24, 2.45) is 16.5 Å². The van der Waals surface area contributed by atoms with Crippen LogP contribution in [0.25, 0.3) is 0 Å². The van der Waals surface area contributed by atoms with E-state index >= 15 is 0 Å². The Kier molecular flexibility index (Phi) is 4.57. The zero-order valence-electron chi connectivity index (χ0n) is 10.5. The summed E-state index contributed by atoms with van der Waals surface area (Å²) in [4.78, 5) is 4.38. The van der Waals surface area contributed by atoms with E-state index in [4.69, 9.17) is 16.2 Å². The first-order valence-corrected chi connectivity index (χ1v) is 5.40. The van der Waals surface area contributed by atoms with Crippen LogP contribution in [-0.2, 0) is 6.54 Å². The fourth-order valence-electron chi connectivity index (χ4n) is 1.31. The monoisotopic (exact) mass is 233 g/mol. The Morgan fingerprint density at radius 3 is 2.24 bits per heavy atom. The van der Waals surface area contributed by atoms with Crippen molar-refractivity contribution in [1.82, 2.24) is 0 Å². The van der Waals surface area contributed by atoms with Gasteiger partial charge in [0.1, 0.15) is 5.75 Å². The van der Waals surface area contributed by atoms with E-state index in [2.05, 4.69) is 4.99 Å². The van der Waals surface area contributed by atoms with Crippen molar-refractivity contribution in [3.8, 4) is 5.75 Å². The molecule has 0 aliphatic heterocycles. The van der Waals surface area contributed by atoms with Gasteiger partial charge in [-0.1, -0.05) is 12.1 Å². The lowest BCUT2D eigenvalue weighted by molar-refractivity contribution is 0.414. The van der Waals surface area contributed by atoms with E-state index in [1.807, 2.05) is 31.2 Å². The number of rotatable bonds is 4. The lowest BCUT2D eigenvalue weighted by Crippen LogP contribution is -2.14. The van der Waals surface area contributed by atoms with Gasteiger partial charge in [-0.05, 0) is 31.5 Å². The number of nitrogens with zero attached hydrogens (tertiary/aromatic N) is 1. The second kappa shape index (κ2) is 5.94. The van der Waals surface area contributed by atoms with Gasteiger partial charge in [0, 0.05) is 5.70 Å². The Morgan fingerprint density at radius 1 is 1.18 bits per heavy atom. The van der Waals surface area contributed by atoms with Crippen LogP contribution in [-0.4, -0.2) is 12.8 Å². The van der Waals surface area contributed by atoms with Gasteiger partial charge in [-0.25, -0.2) is 0 Å². The van der Waals surface area contributed by atoms with Gasteiger partial charge in [-0.3, -0.25) is 4.99 Å². The normalized spacial score (nSPS) is 13.2. The lowest BCUT2D eigenvalue weighted by atomic mass is 10.2. The Bertz CT molecular complexity index is 428. The molecular weight excluding hydrogens is 214 g/mol. The van der Waals surface area contributed by atoms with E-state index in [0.29, 0.717) is 17.9 Å². The van der Waals surface area contributed by atoms with E-state index in [1.165, 1.54) is 0 Å². The molecule has 0 saturated carbocycles. The van der Waals surface area contributed by atoms with Crippen molar-refractivity contribution >= 4 is 5.71 Å². The number of methoxy groups -OCH3 is 1. The summed E-state index contributed by atoms with van der Waals surface area (Å²) in [5.74, 6) is 0.840. The molecule has 0 atom stereocenters. The van der Waals surface area contributed by atoms with Gasteiger partial charge >= 0.3 is 0 Å². The van der Waals surface area contributed by atoms with Crippen molar-refractivity contribution < 1.29 is 4.74 Å². The zero-order chi connectivity index (χ0) is 12.8. The summed E-state index contributed by atoms with van der Waals surface area (Å²) in [6.45, 7) is 4.21. The minimum atomic E-state index is 0.554. The number of hydrogen-bond donors (Lipinski definition) is 2. The molecule has 1 aromatic rings. The highest BCUT2D eigenvalue weighted by molar-refractivity contribution is 5.97.